The molecule has 0 aliphatic rings. The van der Waals surface area contributed by atoms with E-state index in [2.05, 4.69) is 21.9 Å². The SMILES string of the molecule is C=C(/C=C\C(=C/C)C(F)(F)F)[C@H](NC(=O)c1cccnc1)c1ncccc1C(F)(F)F. The lowest BCUT2D eigenvalue weighted by Gasteiger charge is -2.22. The second kappa shape index (κ2) is 9.59. The molecular formula is C21H17F6N3O. The summed E-state index contributed by atoms with van der Waals surface area (Å²) in [4.78, 5) is 20.0. The highest BCUT2D eigenvalue weighted by molar-refractivity contribution is 5.94. The summed E-state index contributed by atoms with van der Waals surface area (Å²) >= 11 is 0. The molecule has 0 saturated heterocycles. The van der Waals surface area contributed by atoms with Gasteiger partial charge in [-0.1, -0.05) is 24.8 Å². The number of nitrogens with zero attached hydrogens (tertiary/aromatic N) is 2. The average molecular weight is 441 g/mol. The standard InChI is InChI=1S/C21H17F6N3O/c1-3-15(20(22,23)24)9-8-13(2)17(30-19(31)14-6-4-10-28-12-14)18-16(21(25,26)27)7-5-11-29-18/h3-12,17H,2H2,1H3,(H,30,31)/b9-8-,15-3+/t17-/m0/s1. The van der Waals surface area contributed by atoms with Crippen LogP contribution in [0.2, 0.25) is 0 Å². The van der Waals surface area contributed by atoms with Crippen LogP contribution in [0, 0.1) is 0 Å². The van der Waals surface area contributed by atoms with Crippen molar-refractivity contribution in [3.63, 3.8) is 0 Å². The molecule has 0 aliphatic heterocycles. The number of pyridine rings is 2. The van der Waals surface area contributed by atoms with Crippen LogP contribution in [0.5, 0.6) is 0 Å². The number of hydrogen-bond acceptors (Lipinski definition) is 3. The molecule has 2 rings (SSSR count). The number of amides is 1. The molecule has 0 spiro atoms. The van der Waals surface area contributed by atoms with Crippen molar-refractivity contribution in [2.45, 2.75) is 25.3 Å². The molecule has 1 amide bonds. The number of halogens is 6. The molecule has 164 valence electrons. The van der Waals surface area contributed by atoms with Crippen LogP contribution >= 0.6 is 0 Å². The van der Waals surface area contributed by atoms with E-state index in [1.807, 2.05) is 0 Å². The van der Waals surface area contributed by atoms with Crippen LogP contribution in [-0.4, -0.2) is 22.1 Å². The van der Waals surface area contributed by atoms with Gasteiger partial charge in [0.15, 0.2) is 0 Å². The van der Waals surface area contributed by atoms with Crippen LogP contribution in [0.25, 0.3) is 0 Å². The van der Waals surface area contributed by atoms with Gasteiger partial charge < -0.3 is 5.32 Å². The van der Waals surface area contributed by atoms with Crippen LogP contribution < -0.4 is 5.32 Å². The quantitative estimate of drug-likeness (QED) is 0.470. The van der Waals surface area contributed by atoms with Gasteiger partial charge in [-0.05, 0) is 36.8 Å². The van der Waals surface area contributed by atoms with E-state index in [4.69, 9.17) is 0 Å². The van der Waals surface area contributed by atoms with Gasteiger partial charge in [0.05, 0.1) is 28.4 Å². The van der Waals surface area contributed by atoms with E-state index in [1.54, 1.807) is 0 Å². The van der Waals surface area contributed by atoms with Gasteiger partial charge in [-0.15, -0.1) is 0 Å². The molecule has 2 heterocycles. The van der Waals surface area contributed by atoms with Crippen molar-refractivity contribution in [2.24, 2.45) is 0 Å². The number of hydrogen-bond donors (Lipinski definition) is 1. The van der Waals surface area contributed by atoms with E-state index < -0.39 is 41.1 Å². The smallest absolute Gasteiger partial charge is 0.339 e. The average Bonchev–Trinajstić information content (AvgIpc) is 2.71. The lowest BCUT2D eigenvalue weighted by molar-refractivity contribution is -0.138. The number of aromatic nitrogens is 2. The Labute approximate surface area is 174 Å². The molecule has 0 aromatic carbocycles. The Hall–Kier alpha value is -3.43. The van der Waals surface area contributed by atoms with Crippen molar-refractivity contribution < 1.29 is 31.1 Å². The Morgan fingerprint density at radius 1 is 1.10 bits per heavy atom. The van der Waals surface area contributed by atoms with Gasteiger partial charge in [-0.25, -0.2) is 0 Å². The van der Waals surface area contributed by atoms with E-state index in [0.29, 0.717) is 6.08 Å². The Balaban J connectivity index is 2.49. The summed E-state index contributed by atoms with van der Waals surface area (Å²) in [6.07, 6.45) is -3.45. The monoisotopic (exact) mass is 441 g/mol. The van der Waals surface area contributed by atoms with Crippen molar-refractivity contribution in [2.75, 3.05) is 0 Å². The van der Waals surface area contributed by atoms with E-state index in [0.717, 1.165) is 37.4 Å². The first-order valence-corrected chi connectivity index (χ1v) is 8.78. The fraction of sp³-hybridized carbons (Fsp3) is 0.190. The van der Waals surface area contributed by atoms with Crippen molar-refractivity contribution in [1.82, 2.24) is 15.3 Å². The van der Waals surface area contributed by atoms with E-state index in [1.165, 1.54) is 24.5 Å². The number of carbonyl (C=O) groups excluding carboxylic acids is 1. The predicted octanol–water partition coefficient (Wildman–Crippen LogP) is 5.59. The second-order valence-corrected chi connectivity index (χ2v) is 6.23. The van der Waals surface area contributed by atoms with Crippen molar-refractivity contribution in [1.29, 1.82) is 0 Å². The lowest BCUT2D eigenvalue weighted by atomic mass is 9.98. The first-order valence-electron chi connectivity index (χ1n) is 8.78. The molecule has 31 heavy (non-hydrogen) atoms. The maximum Gasteiger partial charge on any atom is 0.418 e. The van der Waals surface area contributed by atoms with Crippen LogP contribution in [-0.2, 0) is 6.18 Å². The summed E-state index contributed by atoms with van der Waals surface area (Å²) in [5.41, 5.74) is -2.97. The highest BCUT2D eigenvalue weighted by Gasteiger charge is 2.37. The Bertz CT molecular complexity index is 994. The number of alkyl halides is 6. The summed E-state index contributed by atoms with van der Waals surface area (Å²) in [5.74, 6) is -0.798. The number of rotatable bonds is 6. The summed E-state index contributed by atoms with van der Waals surface area (Å²) in [6.45, 7) is 4.74. The summed E-state index contributed by atoms with van der Waals surface area (Å²) in [5, 5.41) is 2.35. The third kappa shape index (κ3) is 6.27. The molecule has 1 N–H and O–H groups in total. The molecule has 10 heteroatoms. The summed E-state index contributed by atoms with van der Waals surface area (Å²) in [7, 11) is 0. The first-order chi connectivity index (χ1) is 14.4. The minimum Gasteiger partial charge on any atom is -0.339 e. The third-order valence-electron chi connectivity index (χ3n) is 4.10. The Morgan fingerprint density at radius 2 is 1.77 bits per heavy atom. The largest absolute Gasteiger partial charge is 0.418 e. The molecule has 2 aromatic heterocycles. The molecule has 1 atom stereocenters. The van der Waals surface area contributed by atoms with E-state index >= 15 is 0 Å². The van der Waals surface area contributed by atoms with Crippen molar-refractivity contribution in [3.8, 4) is 0 Å². The van der Waals surface area contributed by atoms with Crippen molar-refractivity contribution >= 4 is 5.91 Å². The molecule has 4 nitrogen and oxygen atoms in total. The first kappa shape index (κ1) is 23.8. The van der Waals surface area contributed by atoms with Crippen LogP contribution in [0.15, 0.2) is 78.8 Å². The van der Waals surface area contributed by atoms with E-state index in [9.17, 15) is 31.1 Å². The van der Waals surface area contributed by atoms with Gasteiger partial charge in [0.2, 0.25) is 0 Å². The normalized spacial score (nSPS) is 13.8. The number of allylic oxidation sites excluding steroid dienone is 3. The minimum absolute atomic E-state index is 0.0400. The van der Waals surface area contributed by atoms with Crippen LogP contribution in [0.4, 0.5) is 26.3 Å². The fourth-order valence-electron chi connectivity index (χ4n) is 2.58. The van der Waals surface area contributed by atoms with Gasteiger partial charge in [0.1, 0.15) is 0 Å². The second-order valence-electron chi connectivity index (χ2n) is 6.23. The molecule has 0 saturated carbocycles. The van der Waals surface area contributed by atoms with Crippen LogP contribution in [0.3, 0.4) is 0 Å². The highest BCUT2D eigenvalue weighted by Crippen LogP contribution is 2.36. The lowest BCUT2D eigenvalue weighted by Crippen LogP contribution is -2.31. The fourth-order valence-corrected chi connectivity index (χ4v) is 2.58. The number of carbonyl (C=O) groups is 1. The molecule has 0 fully saturated rings. The van der Waals surface area contributed by atoms with Gasteiger partial charge in [-0.2, -0.15) is 26.3 Å². The van der Waals surface area contributed by atoms with Gasteiger partial charge in [-0.3, -0.25) is 14.8 Å². The zero-order chi connectivity index (χ0) is 23.2. The van der Waals surface area contributed by atoms with Crippen LogP contribution in [0.1, 0.15) is 34.6 Å². The molecule has 0 bridgehead atoms. The molecule has 0 aliphatic carbocycles. The van der Waals surface area contributed by atoms with Crippen molar-refractivity contribution in [3.05, 3.63) is 95.6 Å². The zero-order valence-electron chi connectivity index (χ0n) is 16.1. The van der Waals surface area contributed by atoms with Gasteiger partial charge in [0.25, 0.3) is 5.91 Å². The minimum atomic E-state index is -4.81. The van der Waals surface area contributed by atoms with Gasteiger partial charge in [0, 0.05) is 18.6 Å². The predicted molar refractivity (Wildman–Crippen MR) is 102 cm³/mol. The molecule has 0 unspecified atom stereocenters. The Kier molecular flexibility index (Phi) is 7.37. The molecule has 2 aromatic rings. The molecule has 0 radical (unpaired) electrons. The molecular weight excluding hydrogens is 424 g/mol. The zero-order valence-corrected chi connectivity index (χ0v) is 16.1. The highest BCUT2D eigenvalue weighted by atomic mass is 19.4. The maximum atomic E-state index is 13.5. The summed E-state index contributed by atoms with van der Waals surface area (Å²) in [6, 6.07) is 3.10. The topological polar surface area (TPSA) is 54.9 Å². The number of nitrogens with one attached hydrogen (secondary N) is 1. The maximum absolute atomic E-state index is 13.5. The van der Waals surface area contributed by atoms with Gasteiger partial charge >= 0.3 is 12.4 Å². The summed E-state index contributed by atoms with van der Waals surface area (Å²) < 4.78 is 79.3. The van der Waals surface area contributed by atoms with E-state index in [-0.39, 0.29) is 11.1 Å². The Morgan fingerprint density at radius 3 is 2.32 bits per heavy atom. The third-order valence-corrected chi connectivity index (χ3v) is 4.10.